The summed E-state index contributed by atoms with van der Waals surface area (Å²) in [5, 5.41) is 0. The molecule has 0 bridgehead atoms. The van der Waals surface area contributed by atoms with Gasteiger partial charge in [0.05, 0.1) is 17.6 Å². The van der Waals surface area contributed by atoms with Gasteiger partial charge in [0, 0.05) is 6.54 Å². The SMILES string of the molecule is NC(=O)CN1CCC(Cn2c(COc3ccccc3)nc3ccccc32)CC1. The largest absolute Gasteiger partial charge is 0.486 e. The van der Waals surface area contributed by atoms with Crippen molar-refractivity contribution in [2.24, 2.45) is 11.7 Å². The molecule has 146 valence electrons. The van der Waals surface area contributed by atoms with Gasteiger partial charge in [-0.15, -0.1) is 0 Å². The van der Waals surface area contributed by atoms with E-state index in [4.69, 9.17) is 15.5 Å². The molecule has 4 rings (SSSR count). The van der Waals surface area contributed by atoms with Gasteiger partial charge in [-0.05, 0) is 56.1 Å². The van der Waals surface area contributed by atoms with Crippen molar-refractivity contribution in [3.05, 3.63) is 60.4 Å². The number of hydrogen-bond acceptors (Lipinski definition) is 4. The quantitative estimate of drug-likeness (QED) is 0.686. The van der Waals surface area contributed by atoms with Crippen molar-refractivity contribution in [2.45, 2.75) is 26.0 Å². The zero-order valence-electron chi connectivity index (χ0n) is 16.0. The minimum absolute atomic E-state index is 0.251. The van der Waals surface area contributed by atoms with Crippen molar-refractivity contribution in [1.82, 2.24) is 14.5 Å². The van der Waals surface area contributed by atoms with Crippen molar-refractivity contribution >= 4 is 16.9 Å². The van der Waals surface area contributed by atoms with E-state index in [9.17, 15) is 4.79 Å². The zero-order chi connectivity index (χ0) is 19.3. The van der Waals surface area contributed by atoms with Crippen LogP contribution in [0.1, 0.15) is 18.7 Å². The second kappa shape index (κ2) is 8.44. The van der Waals surface area contributed by atoms with E-state index in [1.165, 1.54) is 0 Å². The molecular weight excluding hydrogens is 352 g/mol. The van der Waals surface area contributed by atoms with Gasteiger partial charge in [-0.3, -0.25) is 9.69 Å². The van der Waals surface area contributed by atoms with E-state index in [2.05, 4.69) is 21.6 Å². The van der Waals surface area contributed by atoms with E-state index in [1.807, 2.05) is 42.5 Å². The second-order valence-electron chi connectivity index (χ2n) is 7.41. The van der Waals surface area contributed by atoms with Crippen LogP contribution in [-0.4, -0.2) is 40.0 Å². The van der Waals surface area contributed by atoms with Crippen LogP contribution in [0.4, 0.5) is 0 Å². The summed E-state index contributed by atoms with van der Waals surface area (Å²) in [6.45, 7) is 3.54. The fraction of sp³-hybridized carbons (Fsp3) is 0.364. The third-order valence-corrected chi connectivity index (χ3v) is 5.37. The van der Waals surface area contributed by atoms with Crippen molar-refractivity contribution < 1.29 is 9.53 Å². The average molecular weight is 378 g/mol. The van der Waals surface area contributed by atoms with E-state index in [0.717, 1.165) is 55.1 Å². The lowest BCUT2D eigenvalue weighted by Crippen LogP contribution is -2.40. The number of carbonyl (C=O) groups excluding carboxylic acids is 1. The number of fused-ring (bicyclic) bond motifs is 1. The minimum Gasteiger partial charge on any atom is -0.486 e. The molecule has 1 aromatic heterocycles. The number of amides is 1. The second-order valence-corrected chi connectivity index (χ2v) is 7.41. The lowest BCUT2D eigenvalue weighted by atomic mass is 9.96. The van der Waals surface area contributed by atoms with Crippen LogP contribution in [0.25, 0.3) is 11.0 Å². The lowest BCUT2D eigenvalue weighted by molar-refractivity contribution is -0.119. The Bertz CT molecular complexity index is 930. The summed E-state index contributed by atoms with van der Waals surface area (Å²) in [5.41, 5.74) is 7.47. The first-order valence-electron chi connectivity index (χ1n) is 9.81. The van der Waals surface area contributed by atoms with Crippen LogP contribution in [0.3, 0.4) is 0 Å². The summed E-state index contributed by atoms with van der Waals surface area (Å²) in [6.07, 6.45) is 2.11. The molecule has 0 saturated carbocycles. The Balaban J connectivity index is 1.48. The highest BCUT2D eigenvalue weighted by Gasteiger charge is 2.22. The molecule has 6 nitrogen and oxygen atoms in total. The van der Waals surface area contributed by atoms with E-state index in [0.29, 0.717) is 19.1 Å². The first-order chi connectivity index (χ1) is 13.7. The number of nitrogens with zero attached hydrogens (tertiary/aromatic N) is 3. The van der Waals surface area contributed by atoms with Crippen molar-refractivity contribution in [3.63, 3.8) is 0 Å². The molecule has 3 aromatic rings. The molecule has 2 N–H and O–H groups in total. The summed E-state index contributed by atoms with van der Waals surface area (Å²) >= 11 is 0. The number of piperidine rings is 1. The molecule has 2 aromatic carbocycles. The van der Waals surface area contributed by atoms with Gasteiger partial charge in [-0.1, -0.05) is 30.3 Å². The maximum absolute atomic E-state index is 11.1. The zero-order valence-corrected chi connectivity index (χ0v) is 16.0. The van der Waals surface area contributed by atoms with Gasteiger partial charge < -0.3 is 15.0 Å². The Morgan fingerprint density at radius 3 is 2.54 bits per heavy atom. The Kier molecular flexibility index (Phi) is 5.58. The van der Waals surface area contributed by atoms with E-state index in [-0.39, 0.29) is 5.91 Å². The summed E-state index contributed by atoms with van der Waals surface area (Å²) in [7, 11) is 0. The molecule has 0 spiro atoms. The number of carbonyl (C=O) groups is 1. The molecule has 1 amide bonds. The molecule has 1 saturated heterocycles. The molecular formula is C22H26N4O2. The van der Waals surface area contributed by atoms with Crippen LogP contribution >= 0.6 is 0 Å². The molecule has 1 aliphatic heterocycles. The van der Waals surface area contributed by atoms with Crippen LogP contribution in [0.2, 0.25) is 0 Å². The lowest BCUT2D eigenvalue weighted by Gasteiger charge is -2.31. The fourth-order valence-corrected chi connectivity index (χ4v) is 3.91. The first-order valence-corrected chi connectivity index (χ1v) is 9.81. The topological polar surface area (TPSA) is 73.4 Å². The highest BCUT2D eigenvalue weighted by Crippen LogP contribution is 2.24. The number of aromatic nitrogens is 2. The minimum atomic E-state index is -0.251. The third-order valence-electron chi connectivity index (χ3n) is 5.37. The molecule has 1 fully saturated rings. The molecule has 1 aliphatic rings. The van der Waals surface area contributed by atoms with Gasteiger partial charge in [-0.2, -0.15) is 0 Å². The number of ether oxygens (including phenoxy) is 1. The number of hydrogen-bond donors (Lipinski definition) is 1. The molecule has 6 heteroatoms. The standard InChI is InChI=1S/C22H26N4O2/c23-21(27)15-25-12-10-17(11-13-25)14-26-20-9-5-4-8-19(20)24-22(26)16-28-18-6-2-1-3-7-18/h1-9,17H,10-16H2,(H2,23,27). The van der Waals surface area contributed by atoms with Crippen molar-refractivity contribution in [1.29, 1.82) is 0 Å². The molecule has 28 heavy (non-hydrogen) atoms. The number of nitrogens with two attached hydrogens (primary N) is 1. The smallest absolute Gasteiger partial charge is 0.231 e. The average Bonchev–Trinajstić information content (AvgIpc) is 3.06. The summed E-state index contributed by atoms with van der Waals surface area (Å²) in [5.74, 6) is 2.10. The number of primary amides is 1. The monoisotopic (exact) mass is 378 g/mol. The summed E-state index contributed by atoms with van der Waals surface area (Å²) in [6, 6.07) is 18.1. The van der Waals surface area contributed by atoms with Gasteiger partial charge in [0.1, 0.15) is 18.2 Å². The Hall–Kier alpha value is -2.86. The predicted molar refractivity (Wildman–Crippen MR) is 109 cm³/mol. The Morgan fingerprint density at radius 1 is 1.07 bits per heavy atom. The van der Waals surface area contributed by atoms with Gasteiger partial charge in [0.25, 0.3) is 0 Å². The normalized spacial score (nSPS) is 15.7. The molecule has 0 radical (unpaired) electrons. The number of imidazole rings is 1. The molecule has 0 aliphatic carbocycles. The van der Waals surface area contributed by atoms with Crippen LogP contribution in [0.15, 0.2) is 54.6 Å². The molecule has 0 atom stereocenters. The van der Waals surface area contributed by atoms with E-state index < -0.39 is 0 Å². The van der Waals surface area contributed by atoms with Crippen molar-refractivity contribution in [3.8, 4) is 5.75 Å². The highest BCUT2D eigenvalue weighted by molar-refractivity contribution is 5.76. The maximum Gasteiger partial charge on any atom is 0.231 e. The summed E-state index contributed by atoms with van der Waals surface area (Å²) in [4.78, 5) is 18.1. The van der Waals surface area contributed by atoms with Gasteiger partial charge in [0.2, 0.25) is 5.91 Å². The van der Waals surface area contributed by atoms with Crippen LogP contribution in [0.5, 0.6) is 5.75 Å². The third kappa shape index (κ3) is 4.34. The number of likely N-dealkylation sites (tertiary alicyclic amines) is 1. The highest BCUT2D eigenvalue weighted by atomic mass is 16.5. The molecule has 2 heterocycles. The fourth-order valence-electron chi connectivity index (χ4n) is 3.91. The van der Waals surface area contributed by atoms with Crippen molar-refractivity contribution in [2.75, 3.05) is 19.6 Å². The van der Waals surface area contributed by atoms with Crippen LogP contribution < -0.4 is 10.5 Å². The molecule has 0 unspecified atom stereocenters. The van der Waals surface area contributed by atoms with Gasteiger partial charge in [-0.25, -0.2) is 4.98 Å². The summed E-state index contributed by atoms with van der Waals surface area (Å²) < 4.78 is 8.27. The van der Waals surface area contributed by atoms with E-state index >= 15 is 0 Å². The predicted octanol–water partition coefficient (Wildman–Crippen LogP) is 2.81. The Labute approximate surface area is 164 Å². The van der Waals surface area contributed by atoms with E-state index in [1.54, 1.807) is 0 Å². The maximum atomic E-state index is 11.1. The first kappa shape index (κ1) is 18.5. The number of benzene rings is 2. The van der Waals surface area contributed by atoms with Crippen LogP contribution in [-0.2, 0) is 17.9 Å². The number of rotatable bonds is 7. The van der Waals surface area contributed by atoms with Gasteiger partial charge >= 0.3 is 0 Å². The number of para-hydroxylation sites is 3. The van der Waals surface area contributed by atoms with Crippen LogP contribution in [0, 0.1) is 5.92 Å². The Morgan fingerprint density at radius 2 is 1.79 bits per heavy atom. The van der Waals surface area contributed by atoms with Gasteiger partial charge in [0.15, 0.2) is 0 Å².